The molecule has 7 aliphatic heterocycles. The largest absolute Gasteiger partial charge is 0.394 e. The maximum absolute atomic E-state index is 15.4. The fraction of sp³-hybridized carbons (Fsp3) is 1.00. The minimum absolute atomic E-state index is 2.03. The smallest absolute Gasteiger partial charge is 0.240 e. The molecule has 1 aliphatic carbocycles. The van der Waals surface area contributed by atoms with Crippen LogP contribution >= 0.6 is 0 Å². The van der Waals surface area contributed by atoms with E-state index in [1.807, 2.05) is 0 Å². The zero-order chi connectivity index (χ0) is 73.5. The lowest BCUT2D eigenvalue weighted by Crippen LogP contribution is -3.15. The number of ether oxygens (including phenoxy) is 7. The van der Waals surface area contributed by atoms with Crippen molar-refractivity contribution in [2.45, 2.75) is 245 Å². The van der Waals surface area contributed by atoms with Gasteiger partial charge in [0.1, 0.15) is 165 Å². The monoisotopic (exact) mass is 1430 g/mol. The van der Waals surface area contributed by atoms with Gasteiger partial charge in [-0.3, -0.25) is 0 Å². The molecule has 48 nitrogen and oxygen atoms in total. The van der Waals surface area contributed by atoms with E-state index in [-0.39, 0.29) is 0 Å². The maximum atomic E-state index is 15.4. The molecule has 7 saturated heterocycles. The van der Waals surface area contributed by atoms with Crippen LogP contribution in [0.1, 0.15) is 0 Å². The third-order valence-corrected chi connectivity index (χ3v) is 20.7. The lowest BCUT2D eigenvalue weighted by Gasteiger charge is -2.83. The summed E-state index contributed by atoms with van der Waals surface area (Å²) < 4.78 is 36.2. The summed E-state index contributed by atoms with van der Waals surface area (Å²) in [6, 6.07) is 0. The minimum atomic E-state index is -7.79. The molecule has 41 N–H and O–H groups in total. The maximum Gasteiger partial charge on any atom is 0.240 e. The van der Waals surface area contributed by atoms with E-state index in [9.17, 15) is 179 Å². The van der Waals surface area contributed by atoms with E-state index in [0.29, 0.717) is 0 Å². The number of hydrogen-bond donors (Lipinski definition) is 41. The van der Waals surface area contributed by atoms with Gasteiger partial charge in [-0.2, -0.15) is 0 Å². The van der Waals surface area contributed by atoms with Crippen LogP contribution in [-0.2, 0) is 33.2 Å². The van der Waals surface area contributed by atoms with Gasteiger partial charge in [-0.15, -0.1) is 0 Å². The van der Waals surface area contributed by atoms with E-state index >= 15 is 30.6 Å². The quantitative estimate of drug-likeness (QED) is 0.0768. The van der Waals surface area contributed by atoms with Gasteiger partial charge in [0.05, 0.1) is 46.2 Å². The molecule has 1 saturated carbocycles. The van der Waals surface area contributed by atoms with Crippen LogP contribution in [0.5, 0.6) is 0 Å². The Bertz CT molecular complexity index is 2650. The molecule has 41 atom stereocenters. The second-order valence-corrected chi connectivity index (χ2v) is 25.2. The van der Waals surface area contributed by atoms with Crippen LogP contribution in [0.4, 0.5) is 0 Å². The van der Waals surface area contributed by atoms with E-state index in [1.54, 1.807) is 0 Å². The van der Waals surface area contributed by atoms with Crippen LogP contribution in [0, 0.1) is 0 Å². The molecule has 8 aliphatic rings. The van der Waals surface area contributed by atoms with Gasteiger partial charge in [0.25, 0.3) is 0 Å². The van der Waals surface area contributed by atoms with Crippen LogP contribution < -0.4 is 0 Å². The van der Waals surface area contributed by atoms with Crippen molar-refractivity contribution < 1.29 is 243 Å². The highest BCUT2D eigenvalue weighted by atomic mass is 16.8. The average Bonchev–Trinajstić information content (AvgIpc) is 0.596. The van der Waals surface area contributed by atoms with Crippen molar-refractivity contribution in [3.63, 3.8) is 0 Å². The zero-order valence-corrected chi connectivity index (χ0v) is 48.7. The third kappa shape index (κ3) is 8.77. The van der Waals surface area contributed by atoms with Crippen LogP contribution in [-0.4, -0.2) is 500 Å². The summed E-state index contributed by atoms with van der Waals surface area (Å²) in [6.07, 6.45) is -103. The molecule has 0 aromatic rings. The average molecular weight is 1430 g/mol. The molecule has 0 amide bonds. The molecular weight excluding hydrogens is 1340 g/mol. The van der Waals surface area contributed by atoms with Crippen LogP contribution in [0.15, 0.2) is 0 Å². The molecule has 96 heavy (non-hydrogen) atoms. The summed E-state index contributed by atoms with van der Waals surface area (Å²) in [4.78, 5) is 0. The lowest BCUT2D eigenvalue weighted by atomic mass is 9.32. The first kappa shape index (κ1) is 79.8. The summed E-state index contributed by atoms with van der Waals surface area (Å²) in [6.45, 7) is -15.9. The van der Waals surface area contributed by atoms with E-state index in [0.717, 1.165) is 0 Å². The molecule has 48 heteroatoms. The minimum Gasteiger partial charge on any atom is -0.394 e. The Morgan fingerprint density at radius 3 is 0.521 bits per heavy atom. The van der Waals surface area contributed by atoms with Gasteiger partial charge in [0.15, 0.2) is 33.6 Å². The fourth-order valence-corrected chi connectivity index (χ4v) is 15.4. The van der Waals surface area contributed by atoms with Gasteiger partial charge in [0.2, 0.25) is 46.1 Å². The third-order valence-electron chi connectivity index (χ3n) is 20.7. The van der Waals surface area contributed by atoms with Crippen molar-refractivity contribution in [1.82, 2.24) is 0 Å². The van der Waals surface area contributed by atoms with Crippen LogP contribution in [0.3, 0.4) is 0 Å². The normalized spacial score (nSPS) is 62.3. The van der Waals surface area contributed by atoms with E-state index in [2.05, 4.69) is 0 Å². The number of hydrogen-bond acceptors (Lipinski definition) is 48. The first-order valence-electron chi connectivity index (χ1n) is 28.6. The number of aliphatic hydroxyl groups excluding tert-OH is 27. The highest BCUT2D eigenvalue weighted by Crippen LogP contribution is 2.78. The second-order valence-electron chi connectivity index (χ2n) is 25.2. The fourth-order valence-electron chi connectivity index (χ4n) is 15.4. The highest BCUT2D eigenvalue weighted by molar-refractivity contribution is 5.54. The molecule has 0 radical (unpaired) electrons. The van der Waals surface area contributed by atoms with Crippen molar-refractivity contribution >= 4 is 0 Å². The molecule has 0 aromatic carbocycles. The molecule has 8 fully saturated rings. The van der Waals surface area contributed by atoms with Gasteiger partial charge in [-0.05, 0) is 0 Å². The van der Waals surface area contributed by atoms with Gasteiger partial charge in [0, 0.05) is 0 Å². The second kappa shape index (κ2) is 25.2. The summed E-state index contributed by atoms with van der Waals surface area (Å²) in [5, 5.41) is 514. The van der Waals surface area contributed by atoms with Gasteiger partial charge in [-0.1, -0.05) is 0 Å². The summed E-state index contributed by atoms with van der Waals surface area (Å²) in [5.74, 6) is -44.9. The molecular formula is C48H82O48. The Labute approximate surface area is 532 Å². The van der Waals surface area contributed by atoms with Crippen molar-refractivity contribution in [3.05, 3.63) is 0 Å². The Kier molecular flexibility index (Phi) is 20.9. The van der Waals surface area contributed by atoms with Crippen molar-refractivity contribution in [2.24, 2.45) is 0 Å². The Balaban J connectivity index is 1.90. The Hall–Kier alpha value is -1.92. The zero-order valence-electron chi connectivity index (χ0n) is 48.7. The predicted octanol–water partition coefficient (Wildman–Crippen LogP) is -28.1. The van der Waals surface area contributed by atoms with Gasteiger partial charge >= 0.3 is 0 Å². The Morgan fingerprint density at radius 2 is 0.333 bits per heavy atom. The van der Waals surface area contributed by atoms with Crippen molar-refractivity contribution in [3.8, 4) is 0 Å². The van der Waals surface area contributed by atoms with E-state index in [4.69, 9.17) is 33.2 Å². The summed E-state index contributed by atoms with van der Waals surface area (Å²) in [5.41, 5.74) is -51.8. The molecule has 562 valence electrons. The van der Waals surface area contributed by atoms with E-state index in [1.165, 1.54) is 0 Å². The first-order chi connectivity index (χ1) is 43.9. The van der Waals surface area contributed by atoms with Crippen LogP contribution in [0.25, 0.3) is 0 Å². The van der Waals surface area contributed by atoms with Crippen molar-refractivity contribution in [2.75, 3.05) is 46.2 Å². The molecule has 8 rings (SSSR count). The topological polar surface area (TPSA) is 894 Å². The SMILES string of the molecule is OC[C@H]1O[C@@](O)(C2(O)[C@](O)([C@@]3(O)O[C@H](CO)[C@@H](O)[C@H](O)[C@@H]3O)[C@@](O)([C@]3(O)O[C@H](CO)[C@@H](O)[C@H](O)[C@@H]3O)C(O)([C@]3(O)O[C@H](CO)[C@@H](O)[C@H](O)[C@@H]3O)[C@@](O)([C@]3(O)O[C@H](CO)[C@@H](O)[C@H](O)[C@@H]3O)[C@@]2(O)[C@]2(O)O[C@H](CO)[C@@H](O)[C@H](O)[C@@H]2O)[C@@](O)([C@]2(O)O[C@H](CO)[C@@H](O)[C@H](O)[C@@H]2O)[C@@H](O)[C@@H]1O. The highest BCUT2D eigenvalue weighted by Gasteiger charge is 3.11. The van der Waals surface area contributed by atoms with Crippen molar-refractivity contribution in [1.29, 1.82) is 0 Å². The number of aliphatic hydroxyl groups is 41. The Morgan fingerprint density at radius 1 is 0.177 bits per heavy atom. The molecule has 0 spiro atoms. The standard InChI is InChI=1S/C48H82O48/c49-1-8-15(56)22(63)29(70)36(77,90-8)35(76)28(69)21(62)14(7-55)96-48(35,89)47(88)45(86,40(81)33(74)26(67)19(60)12(5-53)94-40)43(84,38(79)31(72)24(65)17(58)10(3-51)92-38)42(83,37(78)30(71)23(64)16(57)9(2-50)91-37)44(85,39(80)32(73)25(66)18(59)11(4-52)93-39)46(47,87)41(82)34(75)27(68)20(61)13(6-54)95-41/h8-34,49-89H,1-7H2/t8-,9-,10-,11-,12-,13-,14-,15-,16-,17-,18-,19-,20-,21-,22+,23+,24+,25+,26+,27+,28+,29+,30+,31+,32+,33+,34+,35+,36-,37-,38-,39-,40-,41+,42?,43+,44-,45+,46+,47?,48-/m1/s1. The van der Waals surface area contributed by atoms with Gasteiger partial charge in [-0.25, -0.2) is 0 Å². The predicted molar refractivity (Wildman–Crippen MR) is 273 cm³/mol. The summed E-state index contributed by atoms with van der Waals surface area (Å²) in [7, 11) is 0. The van der Waals surface area contributed by atoms with E-state index < -0.39 is 291 Å². The van der Waals surface area contributed by atoms with Gasteiger partial charge < -0.3 is 243 Å². The first-order valence-corrected chi connectivity index (χ1v) is 28.6. The molecule has 0 aromatic heterocycles. The number of rotatable bonds is 14. The molecule has 0 bridgehead atoms. The van der Waals surface area contributed by atoms with Crippen LogP contribution in [0.2, 0.25) is 0 Å². The molecule has 7 heterocycles. The molecule has 2 unspecified atom stereocenters. The lowest BCUT2D eigenvalue weighted by molar-refractivity contribution is -0.646. The summed E-state index contributed by atoms with van der Waals surface area (Å²) >= 11 is 0.